The molecule has 5 nitrogen and oxygen atoms in total. The summed E-state index contributed by atoms with van der Waals surface area (Å²) in [5.74, 6) is -0.0174. The number of likely N-dealkylation sites (N-methyl/N-ethyl adjacent to an activating group) is 1. The molecule has 2 N–H and O–H groups in total. The van der Waals surface area contributed by atoms with Crippen LogP contribution in [-0.4, -0.2) is 66.6 Å². The molecule has 0 saturated carbocycles. The van der Waals surface area contributed by atoms with Crippen molar-refractivity contribution in [3.8, 4) is 0 Å². The van der Waals surface area contributed by atoms with E-state index in [1.807, 2.05) is 38.1 Å². The molecular formula is C17H27N3O2. The van der Waals surface area contributed by atoms with E-state index >= 15 is 0 Å². The van der Waals surface area contributed by atoms with E-state index in [1.54, 1.807) is 0 Å². The molecule has 0 aliphatic carbocycles. The number of aliphatic hydroxyl groups is 1. The quantitative estimate of drug-likeness (QED) is 0.844. The van der Waals surface area contributed by atoms with E-state index in [0.29, 0.717) is 0 Å². The van der Waals surface area contributed by atoms with Gasteiger partial charge in [-0.2, -0.15) is 0 Å². The van der Waals surface area contributed by atoms with Gasteiger partial charge in [0.05, 0.1) is 12.1 Å². The van der Waals surface area contributed by atoms with Crippen LogP contribution in [0.5, 0.6) is 0 Å². The Bertz CT molecular complexity index is 498. The molecule has 1 aromatic rings. The van der Waals surface area contributed by atoms with Gasteiger partial charge in [0.2, 0.25) is 5.91 Å². The van der Waals surface area contributed by atoms with Gasteiger partial charge in [-0.25, -0.2) is 0 Å². The number of hydrogen-bond acceptors (Lipinski definition) is 4. The number of amides is 1. The minimum absolute atomic E-state index is 0.0174. The van der Waals surface area contributed by atoms with E-state index in [4.69, 9.17) is 0 Å². The van der Waals surface area contributed by atoms with E-state index in [2.05, 4.69) is 22.2 Å². The zero-order valence-electron chi connectivity index (χ0n) is 13.7. The van der Waals surface area contributed by atoms with Crippen LogP contribution in [0.2, 0.25) is 0 Å². The average Bonchev–Trinajstić information content (AvgIpc) is 2.52. The van der Waals surface area contributed by atoms with Gasteiger partial charge in [-0.3, -0.25) is 9.69 Å². The van der Waals surface area contributed by atoms with Crippen molar-refractivity contribution >= 4 is 5.91 Å². The molecular weight excluding hydrogens is 278 g/mol. The van der Waals surface area contributed by atoms with E-state index in [0.717, 1.165) is 37.3 Å². The molecule has 0 bridgehead atoms. The fourth-order valence-corrected chi connectivity index (χ4v) is 2.72. The van der Waals surface area contributed by atoms with Gasteiger partial charge in [-0.05, 0) is 26.5 Å². The number of nitrogens with one attached hydrogen (secondary N) is 1. The van der Waals surface area contributed by atoms with Crippen molar-refractivity contribution in [2.75, 3.05) is 39.8 Å². The van der Waals surface area contributed by atoms with E-state index < -0.39 is 6.10 Å². The number of aryl methyl sites for hydroxylation is 1. The lowest BCUT2D eigenvalue weighted by Crippen LogP contribution is -2.53. The van der Waals surface area contributed by atoms with Crippen molar-refractivity contribution in [3.05, 3.63) is 35.4 Å². The summed E-state index contributed by atoms with van der Waals surface area (Å²) in [7, 11) is 2.10. The van der Waals surface area contributed by atoms with Crippen LogP contribution in [0.25, 0.3) is 0 Å². The van der Waals surface area contributed by atoms with Crippen LogP contribution in [-0.2, 0) is 4.79 Å². The molecule has 0 aromatic heterocycles. The Labute approximate surface area is 132 Å². The molecule has 1 fully saturated rings. The maximum absolute atomic E-state index is 12.2. The monoisotopic (exact) mass is 305 g/mol. The Hall–Kier alpha value is -1.43. The topological polar surface area (TPSA) is 55.8 Å². The Kier molecular flexibility index (Phi) is 5.94. The van der Waals surface area contributed by atoms with E-state index in [9.17, 15) is 9.90 Å². The van der Waals surface area contributed by atoms with Gasteiger partial charge in [-0.15, -0.1) is 0 Å². The number of nitrogens with zero attached hydrogens (tertiary/aromatic N) is 2. The summed E-state index contributed by atoms with van der Waals surface area (Å²) in [5, 5.41) is 13.1. The lowest BCUT2D eigenvalue weighted by Gasteiger charge is -2.35. The maximum atomic E-state index is 12.2. The van der Waals surface area contributed by atoms with Gasteiger partial charge in [0.1, 0.15) is 0 Å². The Morgan fingerprint density at radius 3 is 2.64 bits per heavy atom. The number of aliphatic hydroxyl groups excluding tert-OH is 1. The highest BCUT2D eigenvalue weighted by atomic mass is 16.3. The maximum Gasteiger partial charge on any atom is 0.237 e. The van der Waals surface area contributed by atoms with Crippen LogP contribution >= 0.6 is 0 Å². The normalized spacial score (nSPS) is 19.6. The van der Waals surface area contributed by atoms with Gasteiger partial charge in [-0.1, -0.05) is 29.8 Å². The first kappa shape index (κ1) is 16.9. The number of carbonyl (C=O) groups excluding carboxylic acids is 1. The molecule has 1 heterocycles. The predicted molar refractivity (Wildman–Crippen MR) is 87.7 cm³/mol. The molecule has 2 rings (SSSR count). The van der Waals surface area contributed by atoms with Crippen molar-refractivity contribution in [1.82, 2.24) is 15.1 Å². The lowest BCUT2D eigenvalue weighted by molar-refractivity contribution is -0.127. The zero-order valence-corrected chi connectivity index (χ0v) is 13.7. The van der Waals surface area contributed by atoms with Gasteiger partial charge in [0, 0.05) is 32.7 Å². The summed E-state index contributed by atoms with van der Waals surface area (Å²) < 4.78 is 0. The third kappa shape index (κ3) is 4.53. The van der Waals surface area contributed by atoms with Crippen molar-refractivity contribution in [3.63, 3.8) is 0 Å². The van der Waals surface area contributed by atoms with Crippen LogP contribution in [0.15, 0.2) is 24.3 Å². The molecule has 0 spiro atoms. The minimum atomic E-state index is -0.663. The highest BCUT2D eigenvalue weighted by molar-refractivity contribution is 5.81. The number of piperazine rings is 1. The van der Waals surface area contributed by atoms with Crippen LogP contribution in [0.3, 0.4) is 0 Å². The summed E-state index contributed by atoms with van der Waals surface area (Å²) in [4.78, 5) is 16.7. The molecule has 2 unspecified atom stereocenters. The number of benzene rings is 1. The van der Waals surface area contributed by atoms with Gasteiger partial charge < -0.3 is 15.3 Å². The second kappa shape index (κ2) is 7.72. The SMILES string of the molecule is Cc1cccc(C(O)CNC(=O)C(C)N2CCN(C)CC2)c1. The zero-order chi connectivity index (χ0) is 16.1. The first-order valence-electron chi connectivity index (χ1n) is 7.92. The molecule has 1 saturated heterocycles. The van der Waals surface area contributed by atoms with Crippen molar-refractivity contribution < 1.29 is 9.90 Å². The van der Waals surface area contributed by atoms with E-state index in [1.165, 1.54) is 0 Å². The third-order valence-electron chi connectivity index (χ3n) is 4.36. The molecule has 22 heavy (non-hydrogen) atoms. The molecule has 1 aliphatic rings. The molecule has 2 atom stereocenters. The molecule has 0 radical (unpaired) electrons. The average molecular weight is 305 g/mol. The molecule has 122 valence electrons. The molecule has 1 amide bonds. The second-order valence-electron chi connectivity index (χ2n) is 6.19. The summed E-state index contributed by atoms with van der Waals surface area (Å²) in [6, 6.07) is 7.58. The Morgan fingerprint density at radius 1 is 1.32 bits per heavy atom. The highest BCUT2D eigenvalue weighted by Crippen LogP contribution is 2.13. The number of hydrogen-bond donors (Lipinski definition) is 2. The van der Waals surface area contributed by atoms with Gasteiger partial charge >= 0.3 is 0 Å². The summed E-state index contributed by atoms with van der Waals surface area (Å²) in [6.07, 6.45) is -0.663. The van der Waals surface area contributed by atoms with Crippen molar-refractivity contribution in [2.45, 2.75) is 26.0 Å². The van der Waals surface area contributed by atoms with Crippen LogP contribution < -0.4 is 5.32 Å². The Morgan fingerprint density at radius 2 is 2.00 bits per heavy atom. The van der Waals surface area contributed by atoms with E-state index in [-0.39, 0.29) is 18.5 Å². The summed E-state index contributed by atoms with van der Waals surface area (Å²) in [6.45, 7) is 7.97. The first-order chi connectivity index (χ1) is 10.5. The minimum Gasteiger partial charge on any atom is -0.387 e. The molecule has 5 heteroatoms. The standard InChI is InChI=1S/C17H27N3O2/c1-13-5-4-6-15(11-13)16(21)12-18-17(22)14(2)20-9-7-19(3)8-10-20/h4-6,11,14,16,21H,7-10,12H2,1-3H3,(H,18,22). The highest BCUT2D eigenvalue weighted by Gasteiger charge is 2.24. The first-order valence-corrected chi connectivity index (χ1v) is 7.92. The van der Waals surface area contributed by atoms with Crippen LogP contribution in [0.1, 0.15) is 24.2 Å². The lowest BCUT2D eigenvalue weighted by atomic mass is 10.1. The van der Waals surface area contributed by atoms with Crippen LogP contribution in [0.4, 0.5) is 0 Å². The van der Waals surface area contributed by atoms with Gasteiger partial charge in [0.15, 0.2) is 0 Å². The van der Waals surface area contributed by atoms with Crippen molar-refractivity contribution in [2.24, 2.45) is 0 Å². The summed E-state index contributed by atoms with van der Waals surface area (Å²) >= 11 is 0. The second-order valence-corrected chi connectivity index (χ2v) is 6.19. The fraction of sp³-hybridized carbons (Fsp3) is 0.588. The van der Waals surface area contributed by atoms with Gasteiger partial charge in [0.25, 0.3) is 0 Å². The Balaban J connectivity index is 1.81. The number of rotatable bonds is 5. The largest absolute Gasteiger partial charge is 0.387 e. The van der Waals surface area contributed by atoms with Crippen LogP contribution in [0, 0.1) is 6.92 Å². The third-order valence-corrected chi connectivity index (χ3v) is 4.36. The molecule has 1 aromatic carbocycles. The summed E-state index contributed by atoms with van der Waals surface area (Å²) in [5.41, 5.74) is 1.95. The smallest absolute Gasteiger partial charge is 0.237 e. The van der Waals surface area contributed by atoms with Crippen molar-refractivity contribution in [1.29, 1.82) is 0 Å². The predicted octanol–water partition coefficient (Wildman–Crippen LogP) is 0.781. The number of carbonyl (C=O) groups is 1. The molecule has 1 aliphatic heterocycles. The fourth-order valence-electron chi connectivity index (χ4n) is 2.72.